The highest BCUT2D eigenvalue weighted by Gasteiger charge is 2.20. The van der Waals surface area contributed by atoms with Gasteiger partial charge in [-0.25, -0.2) is 9.97 Å². The van der Waals surface area contributed by atoms with Crippen molar-refractivity contribution in [2.75, 3.05) is 26.3 Å². The highest BCUT2D eigenvalue weighted by atomic mass is 16.5. The molecule has 5 heteroatoms. The van der Waals surface area contributed by atoms with Crippen LogP contribution in [0.2, 0.25) is 0 Å². The smallest absolute Gasteiger partial charge is 0.240 e. The van der Waals surface area contributed by atoms with Crippen LogP contribution in [0.1, 0.15) is 18.5 Å². The number of nitrogens with zero attached hydrogens (tertiary/aromatic N) is 2. The predicted octanol–water partition coefficient (Wildman–Crippen LogP) is 1.02. The molecule has 1 fully saturated rings. The van der Waals surface area contributed by atoms with Gasteiger partial charge in [0.15, 0.2) is 0 Å². The summed E-state index contributed by atoms with van der Waals surface area (Å²) in [5, 5.41) is 3.28. The van der Waals surface area contributed by atoms with Gasteiger partial charge in [0.05, 0.1) is 13.2 Å². The Bertz CT molecular complexity index is 442. The summed E-state index contributed by atoms with van der Waals surface area (Å²) in [7, 11) is 0. The normalized spacial score (nSPS) is 23.8. The zero-order chi connectivity index (χ0) is 12.2. The molecule has 1 aromatic rings. The molecule has 2 aliphatic heterocycles. The average molecular weight is 247 g/mol. The summed E-state index contributed by atoms with van der Waals surface area (Å²) >= 11 is 0. The van der Waals surface area contributed by atoms with Gasteiger partial charge < -0.3 is 14.8 Å². The van der Waals surface area contributed by atoms with Crippen molar-refractivity contribution >= 4 is 5.57 Å². The first-order chi connectivity index (χ1) is 8.93. The van der Waals surface area contributed by atoms with E-state index in [-0.39, 0.29) is 6.10 Å². The summed E-state index contributed by atoms with van der Waals surface area (Å²) in [5.74, 6) is 0.652. The highest BCUT2D eigenvalue weighted by molar-refractivity contribution is 5.66. The molecule has 18 heavy (non-hydrogen) atoms. The third-order valence-electron chi connectivity index (χ3n) is 3.23. The first-order valence-corrected chi connectivity index (χ1v) is 6.39. The van der Waals surface area contributed by atoms with Gasteiger partial charge in [0, 0.05) is 18.9 Å². The summed E-state index contributed by atoms with van der Waals surface area (Å²) in [5.41, 5.74) is 2.04. The number of rotatable bonds is 3. The molecule has 0 bridgehead atoms. The zero-order valence-electron chi connectivity index (χ0n) is 10.3. The fourth-order valence-electron chi connectivity index (χ4n) is 2.26. The van der Waals surface area contributed by atoms with E-state index in [0.29, 0.717) is 12.5 Å². The molecule has 1 aromatic heterocycles. The first-order valence-electron chi connectivity index (χ1n) is 6.39. The lowest BCUT2D eigenvalue weighted by atomic mass is 10.1. The van der Waals surface area contributed by atoms with Crippen molar-refractivity contribution in [1.29, 1.82) is 0 Å². The van der Waals surface area contributed by atoms with Crippen LogP contribution in [0, 0.1) is 0 Å². The highest BCUT2D eigenvalue weighted by Crippen LogP contribution is 2.27. The van der Waals surface area contributed by atoms with Crippen LogP contribution in [0.15, 0.2) is 18.5 Å². The third-order valence-corrected chi connectivity index (χ3v) is 3.23. The Kier molecular flexibility index (Phi) is 3.52. The van der Waals surface area contributed by atoms with Gasteiger partial charge >= 0.3 is 0 Å². The molecular weight excluding hydrogens is 230 g/mol. The fourth-order valence-corrected chi connectivity index (χ4v) is 2.26. The second-order valence-corrected chi connectivity index (χ2v) is 4.50. The van der Waals surface area contributed by atoms with E-state index in [0.717, 1.165) is 38.2 Å². The summed E-state index contributed by atoms with van der Waals surface area (Å²) < 4.78 is 11.3. The van der Waals surface area contributed by atoms with Crippen molar-refractivity contribution in [3.8, 4) is 5.88 Å². The molecular formula is C13H17N3O2. The van der Waals surface area contributed by atoms with E-state index in [9.17, 15) is 0 Å². The molecule has 0 saturated carbocycles. The van der Waals surface area contributed by atoms with Crippen LogP contribution in [-0.4, -0.2) is 42.4 Å². The largest absolute Gasteiger partial charge is 0.471 e. The van der Waals surface area contributed by atoms with Crippen LogP contribution < -0.4 is 10.1 Å². The number of nitrogens with one attached hydrogen (secondary N) is 1. The molecule has 0 unspecified atom stereocenters. The Labute approximate surface area is 106 Å². The Morgan fingerprint density at radius 3 is 3.06 bits per heavy atom. The molecule has 1 saturated heterocycles. The SMILES string of the molecule is C1=C(c2nccnc2O[C@@H]2CCNC2)CCOC1. The van der Waals surface area contributed by atoms with Crippen LogP contribution in [0.5, 0.6) is 5.88 Å². The van der Waals surface area contributed by atoms with E-state index in [1.807, 2.05) is 0 Å². The third kappa shape index (κ3) is 2.52. The predicted molar refractivity (Wildman–Crippen MR) is 67.3 cm³/mol. The fraction of sp³-hybridized carbons (Fsp3) is 0.538. The number of hydrogen-bond acceptors (Lipinski definition) is 5. The molecule has 0 aromatic carbocycles. The Morgan fingerprint density at radius 2 is 2.28 bits per heavy atom. The van der Waals surface area contributed by atoms with Gasteiger partial charge in [-0.05, 0) is 25.0 Å². The molecule has 3 heterocycles. The van der Waals surface area contributed by atoms with Crippen molar-refractivity contribution in [2.24, 2.45) is 0 Å². The van der Waals surface area contributed by atoms with Crippen LogP contribution in [0.3, 0.4) is 0 Å². The lowest BCUT2D eigenvalue weighted by Gasteiger charge is -2.17. The molecule has 3 rings (SSSR count). The second-order valence-electron chi connectivity index (χ2n) is 4.50. The van der Waals surface area contributed by atoms with Gasteiger partial charge in [0.1, 0.15) is 11.8 Å². The second kappa shape index (κ2) is 5.46. The minimum atomic E-state index is 0.209. The van der Waals surface area contributed by atoms with Crippen molar-refractivity contribution in [1.82, 2.24) is 15.3 Å². The molecule has 1 atom stereocenters. The topological polar surface area (TPSA) is 56.3 Å². The van der Waals surface area contributed by atoms with E-state index in [2.05, 4.69) is 21.4 Å². The minimum Gasteiger partial charge on any atom is -0.471 e. The number of aromatic nitrogens is 2. The van der Waals surface area contributed by atoms with Crippen LogP contribution in [0.25, 0.3) is 5.57 Å². The zero-order valence-corrected chi connectivity index (χ0v) is 10.3. The summed E-state index contributed by atoms with van der Waals surface area (Å²) in [6, 6.07) is 0. The van der Waals surface area contributed by atoms with Crippen molar-refractivity contribution in [3.63, 3.8) is 0 Å². The van der Waals surface area contributed by atoms with Gasteiger partial charge in [-0.1, -0.05) is 6.08 Å². The Hall–Kier alpha value is -1.46. The molecule has 0 radical (unpaired) electrons. The van der Waals surface area contributed by atoms with Gasteiger partial charge in [0.25, 0.3) is 0 Å². The van der Waals surface area contributed by atoms with Crippen molar-refractivity contribution in [3.05, 3.63) is 24.2 Å². The standard InChI is InChI=1S/C13H17N3O2/c1-4-14-9-11(1)18-13-12(15-5-6-16-13)10-2-7-17-8-3-10/h2,5-6,11,14H,1,3-4,7-9H2/t11-/m1/s1. The summed E-state index contributed by atoms with van der Waals surface area (Å²) in [6.45, 7) is 3.29. The quantitative estimate of drug-likeness (QED) is 0.864. The van der Waals surface area contributed by atoms with Crippen LogP contribution in [0.4, 0.5) is 0 Å². The van der Waals surface area contributed by atoms with Gasteiger partial charge in [0.2, 0.25) is 5.88 Å². The molecule has 0 amide bonds. The van der Waals surface area contributed by atoms with E-state index < -0.39 is 0 Å². The van der Waals surface area contributed by atoms with Crippen molar-refractivity contribution in [2.45, 2.75) is 18.9 Å². The Morgan fingerprint density at radius 1 is 1.33 bits per heavy atom. The summed E-state index contributed by atoms with van der Waals surface area (Å²) in [4.78, 5) is 8.74. The van der Waals surface area contributed by atoms with Crippen LogP contribution in [-0.2, 0) is 4.74 Å². The van der Waals surface area contributed by atoms with E-state index in [1.54, 1.807) is 12.4 Å². The van der Waals surface area contributed by atoms with Gasteiger partial charge in [-0.15, -0.1) is 0 Å². The molecule has 2 aliphatic rings. The number of ether oxygens (including phenoxy) is 2. The lowest BCUT2D eigenvalue weighted by Crippen LogP contribution is -2.21. The monoisotopic (exact) mass is 247 g/mol. The minimum absolute atomic E-state index is 0.209. The Balaban J connectivity index is 1.82. The van der Waals surface area contributed by atoms with E-state index in [4.69, 9.17) is 9.47 Å². The molecule has 5 nitrogen and oxygen atoms in total. The van der Waals surface area contributed by atoms with Crippen molar-refractivity contribution < 1.29 is 9.47 Å². The lowest BCUT2D eigenvalue weighted by molar-refractivity contribution is 0.161. The maximum atomic E-state index is 5.94. The number of hydrogen-bond donors (Lipinski definition) is 1. The van der Waals surface area contributed by atoms with Gasteiger partial charge in [-0.2, -0.15) is 0 Å². The van der Waals surface area contributed by atoms with Crippen LogP contribution >= 0.6 is 0 Å². The molecule has 1 N–H and O–H groups in total. The molecule has 0 aliphatic carbocycles. The maximum absolute atomic E-state index is 5.94. The molecule has 0 spiro atoms. The molecule has 96 valence electrons. The average Bonchev–Trinajstić information content (AvgIpc) is 2.93. The first kappa shape index (κ1) is 11.6. The van der Waals surface area contributed by atoms with Gasteiger partial charge in [-0.3, -0.25) is 0 Å². The summed E-state index contributed by atoms with van der Waals surface area (Å²) in [6.07, 6.45) is 7.57. The van der Waals surface area contributed by atoms with E-state index >= 15 is 0 Å². The maximum Gasteiger partial charge on any atom is 0.240 e. The van der Waals surface area contributed by atoms with E-state index in [1.165, 1.54) is 5.57 Å².